The van der Waals surface area contributed by atoms with E-state index in [4.69, 9.17) is 9.47 Å². The fraction of sp³-hybridized carbons (Fsp3) is 0.364. The molecule has 1 N–H and O–H groups in total. The van der Waals surface area contributed by atoms with E-state index in [1.807, 2.05) is 0 Å². The van der Waals surface area contributed by atoms with Crippen molar-refractivity contribution in [3.8, 4) is 11.5 Å². The van der Waals surface area contributed by atoms with Crippen LogP contribution < -0.4 is 14.8 Å². The van der Waals surface area contributed by atoms with Gasteiger partial charge in [-0.2, -0.15) is 13.2 Å². The van der Waals surface area contributed by atoms with Crippen LogP contribution in [0.1, 0.15) is 39.1 Å². The van der Waals surface area contributed by atoms with Crippen molar-refractivity contribution >= 4 is 11.8 Å². The summed E-state index contributed by atoms with van der Waals surface area (Å²) in [7, 11) is 2.94. The third kappa shape index (κ3) is 5.10. The molecule has 2 aromatic carbocycles. The van der Waals surface area contributed by atoms with Crippen molar-refractivity contribution < 1.29 is 32.2 Å². The van der Waals surface area contributed by atoms with Crippen molar-refractivity contribution in [2.45, 2.75) is 25.1 Å². The number of piperidine rings is 1. The van der Waals surface area contributed by atoms with E-state index in [0.717, 1.165) is 12.1 Å². The Balaban J connectivity index is 1.60. The first-order chi connectivity index (χ1) is 14.7. The van der Waals surface area contributed by atoms with E-state index in [1.165, 1.54) is 26.4 Å². The number of benzene rings is 2. The SMILES string of the molecule is COc1cccc(OC)c1C(=O)NC1CCN(C(=O)c2ccc(C(F)(F)F)cc2)CC1. The number of hydrogen-bond acceptors (Lipinski definition) is 4. The number of carbonyl (C=O) groups excluding carboxylic acids is 2. The Hall–Kier alpha value is -3.23. The quantitative estimate of drug-likeness (QED) is 0.775. The van der Waals surface area contributed by atoms with Crippen molar-refractivity contribution in [1.82, 2.24) is 10.2 Å². The minimum Gasteiger partial charge on any atom is -0.496 e. The second kappa shape index (κ2) is 9.28. The van der Waals surface area contributed by atoms with Gasteiger partial charge in [0.05, 0.1) is 19.8 Å². The highest BCUT2D eigenvalue weighted by molar-refractivity contribution is 6.00. The second-order valence-electron chi connectivity index (χ2n) is 7.15. The molecule has 2 amide bonds. The third-order valence-electron chi connectivity index (χ3n) is 5.23. The number of halogens is 3. The lowest BCUT2D eigenvalue weighted by Gasteiger charge is -2.32. The van der Waals surface area contributed by atoms with Crippen LogP contribution in [-0.4, -0.2) is 50.1 Å². The van der Waals surface area contributed by atoms with Crippen molar-refractivity contribution in [1.29, 1.82) is 0 Å². The average molecular weight is 436 g/mol. The molecular weight excluding hydrogens is 413 g/mol. The molecule has 1 saturated heterocycles. The van der Waals surface area contributed by atoms with Crippen LogP contribution in [0, 0.1) is 0 Å². The van der Waals surface area contributed by atoms with Gasteiger partial charge < -0.3 is 19.7 Å². The van der Waals surface area contributed by atoms with Crippen molar-refractivity contribution in [2.24, 2.45) is 0 Å². The molecule has 0 bridgehead atoms. The monoisotopic (exact) mass is 436 g/mol. The number of nitrogens with one attached hydrogen (secondary N) is 1. The number of methoxy groups -OCH3 is 2. The lowest BCUT2D eigenvalue weighted by molar-refractivity contribution is -0.137. The summed E-state index contributed by atoms with van der Waals surface area (Å²) in [5.41, 5.74) is -0.290. The summed E-state index contributed by atoms with van der Waals surface area (Å²) in [4.78, 5) is 27.0. The van der Waals surface area contributed by atoms with Crippen LogP contribution >= 0.6 is 0 Å². The first-order valence-electron chi connectivity index (χ1n) is 9.73. The lowest BCUT2D eigenvalue weighted by atomic mass is 10.0. The van der Waals surface area contributed by atoms with Crippen LogP contribution in [-0.2, 0) is 6.18 Å². The van der Waals surface area contributed by atoms with Gasteiger partial charge in [-0.05, 0) is 49.2 Å². The topological polar surface area (TPSA) is 67.9 Å². The normalized spacial score (nSPS) is 14.8. The highest BCUT2D eigenvalue weighted by Crippen LogP contribution is 2.30. The summed E-state index contributed by atoms with van der Waals surface area (Å²) in [5.74, 6) is 0.130. The number of carbonyl (C=O) groups is 2. The highest BCUT2D eigenvalue weighted by Gasteiger charge is 2.31. The highest BCUT2D eigenvalue weighted by atomic mass is 19.4. The summed E-state index contributed by atoms with van der Waals surface area (Å²) in [5, 5.41) is 2.95. The molecule has 0 spiro atoms. The Morgan fingerprint density at radius 2 is 1.52 bits per heavy atom. The van der Waals surface area contributed by atoms with Gasteiger partial charge in [-0.3, -0.25) is 9.59 Å². The van der Waals surface area contributed by atoms with E-state index in [0.29, 0.717) is 43.0 Å². The Morgan fingerprint density at radius 3 is 2.00 bits per heavy atom. The largest absolute Gasteiger partial charge is 0.496 e. The van der Waals surface area contributed by atoms with Crippen LogP contribution in [0.15, 0.2) is 42.5 Å². The molecular formula is C22H23F3N2O4. The van der Waals surface area contributed by atoms with E-state index in [1.54, 1.807) is 23.1 Å². The van der Waals surface area contributed by atoms with E-state index < -0.39 is 11.7 Å². The average Bonchev–Trinajstić information content (AvgIpc) is 2.77. The summed E-state index contributed by atoms with van der Waals surface area (Å²) < 4.78 is 48.6. The summed E-state index contributed by atoms with van der Waals surface area (Å²) in [6, 6.07) is 9.09. The molecule has 166 valence electrons. The summed E-state index contributed by atoms with van der Waals surface area (Å²) in [6.45, 7) is 0.766. The molecule has 0 aliphatic carbocycles. The van der Waals surface area contributed by atoms with Crippen molar-refractivity contribution in [2.75, 3.05) is 27.3 Å². The maximum atomic E-state index is 12.8. The summed E-state index contributed by atoms with van der Waals surface area (Å²) in [6.07, 6.45) is -3.40. The third-order valence-corrected chi connectivity index (χ3v) is 5.23. The minimum atomic E-state index is -4.44. The van der Waals surface area contributed by atoms with E-state index >= 15 is 0 Å². The van der Waals surface area contributed by atoms with Crippen LogP contribution in [0.4, 0.5) is 13.2 Å². The predicted octanol–water partition coefficient (Wildman–Crippen LogP) is 3.76. The zero-order valence-corrected chi connectivity index (χ0v) is 17.2. The molecule has 3 rings (SSSR count). The van der Waals surface area contributed by atoms with E-state index in [2.05, 4.69) is 5.32 Å². The molecule has 1 aliphatic rings. The van der Waals surface area contributed by atoms with Gasteiger partial charge in [0.1, 0.15) is 17.1 Å². The maximum absolute atomic E-state index is 12.8. The standard InChI is InChI=1S/C22H23F3N2O4/c1-30-17-4-3-5-18(31-2)19(17)20(28)26-16-10-12-27(13-11-16)21(29)14-6-8-15(9-7-14)22(23,24)25/h3-9,16H,10-13H2,1-2H3,(H,26,28). The Morgan fingerprint density at radius 1 is 0.968 bits per heavy atom. The van der Waals surface area contributed by atoms with Gasteiger partial charge in [0.15, 0.2) is 0 Å². The molecule has 31 heavy (non-hydrogen) atoms. The number of alkyl halides is 3. The van der Waals surface area contributed by atoms with Crippen molar-refractivity contribution in [3.63, 3.8) is 0 Å². The summed E-state index contributed by atoms with van der Waals surface area (Å²) >= 11 is 0. The van der Waals surface area contributed by atoms with Gasteiger partial charge in [-0.1, -0.05) is 6.07 Å². The number of amides is 2. The zero-order valence-electron chi connectivity index (χ0n) is 17.2. The van der Waals surface area contributed by atoms with Gasteiger partial charge in [0.25, 0.3) is 11.8 Å². The molecule has 0 radical (unpaired) electrons. The molecule has 0 unspecified atom stereocenters. The molecule has 6 nitrogen and oxygen atoms in total. The van der Waals surface area contributed by atoms with Gasteiger partial charge in [-0.25, -0.2) is 0 Å². The number of rotatable bonds is 5. The van der Waals surface area contributed by atoms with Gasteiger partial charge in [0, 0.05) is 24.7 Å². The smallest absolute Gasteiger partial charge is 0.416 e. The number of hydrogen-bond donors (Lipinski definition) is 1. The number of nitrogens with zero attached hydrogens (tertiary/aromatic N) is 1. The maximum Gasteiger partial charge on any atom is 0.416 e. The Labute approximate surface area is 177 Å². The van der Waals surface area contributed by atoms with Gasteiger partial charge >= 0.3 is 6.18 Å². The first-order valence-corrected chi connectivity index (χ1v) is 9.73. The van der Waals surface area contributed by atoms with E-state index in [9.17, 15) is 22.8 Å². The van der Waals surface area contributed by atoms with Crippen LogP contribution in [0.2, 0.25) is 0 Å². The zero-order chi connectivity index (χ0) is 22.6. The molecule has 2 aromatic rings. The molecule has 1 aliphatic heterocycles. The molecule has 0 atom stereocenters. The molecule has 9 heteroatoms. The lowest BCUT2D eigenvalue weighted by Crippen LogP contribution is -2.46. The minimum absolute atomic E-state index is 0.154. The predicted molar refractivity (Wildman–Crippen MR) is 107 cm³/mol. The number of likely N-dealkylation sites (tertiary alicyclic amines) is 1. The van der Waals surface area contributed by atoms with Crippen LogP contribution in [0.25, 0.3) is 0 Å². The molecule has 1 fully saturated rings. The molecule has 1 heterocycles. The molecule has 0 aromatic heterocycles. The second-order valence-corrected chi connectivity index (χ2v) is 7.15. The fourth-order valence-corrected chi connectivity index (χ4v) is 3.54. The number of ether oxygens (including phenoxy) is 2. The van der Waals surface area contributed by atoms with E-state index in [-0.39, 0.29) is 23.4 Å². The Kier molecular flexibility index (Phi) is 6.72. The molecule has 0 saturated carbocycles. The van der Waals surface area contributed by atoms with Crippen LogP contribution in [0.5, 0.6) is 11.5 Å². The van der Waals surface area contributed by atoms with Gasteiger partial charge in [-0.15, -0.1) is 0 Å². The fourth-order valence-electron chi connectivity index (χ4n) is 3.54. The van der Waals surface area contributed by atoms with Crippen molar-refractivity contribution in [3.05, 3.63) is 59.2 Å². The van der Waals surface area contributed by atoms with Crippen LogP contribution in [0.3, 0.4) is 0 Å². The Bertz CT molecular complexity index is 915. The first kappa shape index (κ1) is 22.5. The van der Waals surface area contributed by atoms with Gasteiger partial charge in [0.2, 0.25) is 0 Å².